The van der Waals surface area contributed by atoms with E-state index in [1.807, 2.05) is 25.3 Å². The zero-order chi connectivity index (χ0) is 24.5. The number of hydrogen-bond donors (Lipinski definition) is 1. The number of ether oxygens (including phenoxy) is 2. The van der Waals surface area contributed by atoms with Crippen molar-refractivity contribution >= 4 is 29.5 Å². The molecule has 2 rings (SSSR count). The van der Waals surface area contributed by atoms with Crippen LogP contribution < -0.4 is 10.1 Å². The van der Waals surface area contributed by atoms with E-state index in [4.69, 9.17) is 9.47 Å². The maximum absolute atomic E-state index is 12.8. The molecule has 0 bridgehead atoms. The molecular formula is C25H33N3O5. The Morgan fingerprint density at radius 1 is 1.09 bits per heavy atom. The monoisotopic (exact) mass is 455 g/mol. The quantitative estimate of drug-likeness (QED) is 0.435. The van der Waals surface area contributed by atoms with E-state index in [9.17, 15) is 14.4 Å². The van der Waals surface area contributed by atoms with Crippen LogP contribution in [0.5, 0.6) is 5.75 Å². The number of amides is 2. The number of carbonyl (C=O) groups excluding carboxylic acids is 3. The fraction of sp³-hybridized carbons (Fsp3) is 0.400. The van der Waals surface area contributed by atoms with Gasteiger partial charge < -0.3 is 24.3 Å². The molecule has 0 aliphatic rings. The third-order valence-electron chi connectivity index (χ3n) is 5.43. The highest BCUT2D eigenvalue weighted by Gasteiger charge is 2.22. The van der Waals surface area contributed by atoms with Crippen molar-refractivity contribution in [1.29, 1.82) is 0 Å². The van der Waals surface area contributed by atoms with E-state index in [0.717, 1.165) is 11.4 Å². The molecule has 1 aromatic heterocycles. The van der Waals surface area contributed by atoms with Crippen LogP contribution in [0.25, 0.3) is 6.08 Å². The minimum absolute atomic E-state index is 0.115. The van der Waals surface area contributed by atoms with Gasteiger partial charge in [-0.2, -0.15) is 0 Å². The van der Waals surface area contributed by atoms with Gasteiger partial charge in [0.1, 0.15) is 12.3 Å². The van der Waals surface area contributed by atoms with Crippen LogP contribution in [0.4, 0.5) is 5.69 Å². The van der Waals surface area contributed by atoms with Crippen molar-refractivity contribution in [2.45, 2.75) is 41.2 Å². The summed E-state index contributed by atoms with van der Waals surface area (Å²) in [5, 5.41) is 2.77. The van der Waals surface area contributed by atoms with E-state index in [1.54, 1.807) is 44.2 Å². The summed E-state index contributed by atoms with van der Waals surface area (Å²) in [6, 6.07) is 7.07. The number of rotatable bonds is 10. The molecular weight excluding hydrogens is 422 g/mol. The predicted molar refractivity (Wildman–Crippen MR) is 128 cm³/mol. The Labute approximate surface area is 195 Å². The average Bonchev–Trinajstić information content (AvgIpc) is 3.04. The van der Waals surface area contributed by atoms with Crippen molar-refractivity contribution in [3.8, 4) is 5.75 Å². The van der Waals surface area contributed by atoms with Crippen molar-refractivity contribution < 1.29 is 23.9 Å². The van der Waals surface area contributed by atoms with Crippen LogP contribution in [-0.2, 0) is 20.9 Å². The first-order valence-corrected chi connectivity index (χ1v) is 11.0. The number of aromatic nitrogens is 1. The highest BCUT2D eigenvalue weighted by molar-refractivity contribution is 6.01. The van der Waals surface area contributed by atoms with Crippen molar-refractivity contribution in [3.63, 3.8) is 0 Å². The summed E-state index contributed by atoms with van der Waals surface area (Å²) < 4.78 is 12.5. The normalized spacial score (nSPS) is 10.8. The molecule has 2 aromatic rings. The molecule has 0 spiro atoms. The molecule has 33 heavy (non-hydrogen) atoms. The lowest BCUT2D eigenvalue weighted by atomic mass is 10.1. The predicted octanol–water partition coefficient (Wildman–Crippen LogP) is 3.81. The molecule has 0 fully saturated rings. The topological polar surface area (TPSA) is 89.9 Å². The molecule has 2 amide bonds. The van der Waals surface area contributed by atoms with Gasteiger partial charge >= 0.3 is 5.97 Å². The number of hydrogen-bond acceptors (Lipinski definition) is 5. The third kappa shape index (κ3) is 6.03. The molecule has 178 valence electrons. The van der Waals surface area contributed by atoms with Gasteiger partial charge in [0.25, 0.3) is 0 Å². The van der Waals surface area contributed by atoms with E-state index in [0.29, 0.717) is 35.7 Å². The van der Waals surface area contributed by atoms with Gasteiger partial charge in [0.05, 0.1) is 25.0 Å². The van der Waals surface area contributed by atoms with Crippen LogP contribution in [0.15, 0.2) is 30.3 Å². The Kier molecular flexibility index (Phi) is 9.27. The van der Waals surface area contributed by atoms with Gasteiger partial charge in [-0.3, -0.25) is 9.59 Å². The summed E-state index contributed by atoms with van der Waals surface area (Å²) in [6.07, 6.45) is 3.02. The minimum atomic E-state index is -0.416. The molecule has 0 saturated carbocycles. The Morgan fingerprint density at radius 2 is 1.79 bits per heavy atom. The van der Waals surface area contributed by atoms with Crippen LogP contribution in [0.3, 0.4) is 0 Å². The highest BCUT2D eigenvalue weighted by Crippen LogP contribution is 2.25. The standard InChI is InChI=1S/C25H33N3O5/c1-7-27(16-22(29)26-20-12-10-11-13-21(20)32-6)23(30)15-14-19-17(4)28(8-2)18(5)24(19)25(31)33-9-3/h10-15H,7-9,16H2,1-6H3,(H,26,29)/b15-14+. The second-order valence-corrected chi connectivity index (χ2v) is 7.36. The zero-order valence-corrected chi connectivity index (χ0v) is 20.2. The Morgan fingerprint density at radius 3 is 2.39 bits per heavy atom. The van der Waals surface area contributed by atoms with Gasteiger partial charge in [0.15, 0.2) is 0 Å². The van der Waals surface area contributed by atoms with Crippen LogP contribution in [-0.4, -0.2) is 54.1 Å². The third-order valence-corrected chi connectivity index (χ3v) is 5.43. The average molecular weight is 456 g/mol. The molecule has 1 N–H and O–H groups in total. The van der Waals surface area contributed by atoms with Gasteiger partial charge in [0.2, 0.25) is 11.8 Å². The molecule has 1 heterocycles. The number of anilines is 1. The summed E-state index contributed by atoms with van der Waals surface area (Å²) in [7, 11) is 1.53. The molecule has 8 heteroatoms. The minimum Gasteiger partial charge on any atom is -0.495 e. The number of para-hydroxylation sites is 2. The molecule has 0 aliphatic carbocycles. The second kappa shape index (κ2) is 11.9. The SMILES string of the molecule is CCOC(=O)c1c(/C=C/C(=O)N(CC)CC(=O)Nc2ccccc2OC)c(C)n(CC)c1C. The molecule has 0 unspecified atom stereocenters. The largest absolute Gasteiger partial charge is 0.495 e. The summed E-state index contributed by atoms with van der Waals surface area (Å²) in [5.41, 5.74) is 3.31. The Hall–Kier alpha value is -3.55. The van der Waals surface area contributed by atoms with Gasteiger partial charge in [0, 0.05) is 36.1 Å². The van der Waals surface area contributed by atoms with Gasteiger partial charge in [-0.25, -0.2) is 4.79 Å². The van der Waals surface area contributed by atoms with Crippen LogP contribution in [0.1, 0.15) is 48.1 Å². The van der Waals surface area contributed by atoms with Crippen molar-refractivity contribution in [3.05, 3.63) is 52.9 Å². The summed E-state index contributed by atoms with van der Waals surface area (Å²) in [5.74, 6) is -0.540. The number of likely N-dealkylation sites (N-methyl/N-ethyl adjacent to an activating group) is 1. The van der Waals surface area contributed by atoms with Crippen molar-refractivity contribution in [2.75, 3.05) is 32.1 Å². The molecule has 0 aliphatic heterocycles. The zero-order valence-electron chi connectivity index (χ0n) is 20.2. The van der Waals surface area contributed by atoms with Crippen LogP contribution in [0, 0.1) is 13.8 Å². The Bertz CT molecular complexity index is 1040. The summed E-state index contributed by atoms with van der Waals surface area (Å²) in [6.45, 7) is 10.5. The van der Waals surface area contributed by atoms with E-state index < -0.39 is 5.97 Å². The van der Waals surface area contributed by atoms with Crippen LogP contribution >= 0.6 is 0 Å². The number of esters is 1. The molecule has 0 saturated heterocycles. The molecule has 0 radical (unpaired) electrons. The van der Waals surface area contributed by atoms with E-state index >= 15 is 0 Å². The Balaban J connectivity index is 2.21. The number of nitrogens with zero attached hydrogens (tertiary/aromatic N) is 2. The fourth-order valence-corrected chi connectivity index (χ4v) is 3.76. The smallest absolute Gasteiger partial charge is 0.340 e. The van der Waals surface area contributed by atoms with Gasteiger partial charge in [-0.05, 0) is 52.8 Å². The van der Waals surface area contributed by atoms with E-state index in [1.165, 1.54) is 18.1 Å². The lowest BCUT2D eigenvalue weighted by Gasteiger charge is -2.19. The number of carbonyl (C=O) groups is 3. The second-order valence-electron chi connectivity index (χ2n) is 7.36. The van der Waals surface area contributed by atoms with E-state index in [2.05, 4.69) is 5.32 Å². The first kappa shape index (κ1) is 25.7. The van der Waals surface area contributed by atoms with Gasteiger partial charge in [-0.1, -0.05) is 12.1 Å². The highest BCUT2D eigenvalue weighted by atomic mass is 16.5. The fourth-order valence-electron chi connectivity index (χ4n) is 3.76. The number of benzene rings is 1. The first-order chi connectivity index (χ1) is 15.8. The van der Waals surface area contributed by atoms with Crippen molar-refractivity contribution in [1.82, 2.24) is 9.47 Å². The maximum Gasteiger partial charge on any atom is 0.340 e. The number of nitrogens with one attached hydrogen (secondary N) is 1. The lowest BCUT2D eigenvalue weighted by Crippen LogP contribution is -2.36. The number of methoxy groups -OCH3 is 1. The van der Waals surface area contributed by atoms with Crippen LogP contribution in [0.2, 0.25) is 0 Å². The van der Waals surface area contributed by atoms with Crippen molar-refractivity contribution in [2.24, 2.45) is 0 Å². The lowest BCUT2D eigenvalue weighted by molar-refractivity contribution is -0.130. The summed E-state index contributed by atoms with van der Waals surface area (Å²) >= 11 is 0. The molecule has 0 atom stereocenters. The summed E-state index contributed by atoms with van der Waals surface area (Å²) in [4.78, 5) is 39.4. The molecule has 1 aromatic carbocycles. The first-order valence-electron chi connectivity index (χ1n) is 11.0. The van der Waals surface area contributed by atoms with Gasteiger partial charge in [-0.15, -0.1) is 0 Å². The van der Waals surface area contributed by atoms with E-state index in [-0.39, 0.29) is 25.0 Å². The molecule has 8 nitrogen and oxygen atoms in total. The maximum atomic E-state index is 12.8.